The lowest BCUT2D eigenvalue weighted by Gasteiger charge is -2.09. The second kappa shape index (κ2) is 7.79. The molecule has 0 radical (unpaired) electrons. The van der Waals surface area contributed by atoms with Gasteiger partial charge in [-0.05, 0) is 7.05 Å². The molecule has 1 aromatic heterocycles. The van der Waals surface area contributed by atoms with E-state index in [-0.39, 0.29) is 24.8 Å². The van der Waals surface area contributed by atoms with Crippen molar-refractivity contribution in [2.24, 2.45) is 0 Å². The van der Waals surface area contributed by atoms with Crippen molar-refractivity contribution in [1.29, 1.82) is 0 Å². The van der Waals surface area contributed by atoms with E-state index in [0.29, 0.717) is 0 Å². The van der Waals surface area contributed by atoms with Gasteiger partial charge in [0.2, 0.25) is 5.95 Å². The molecular weight excluding hydrogens is 223 g/mol. The van der Waals surface area contributed by atoms with E-state index in [9.17, 15) is 0 Å². The SMILES string of the molecule is CNCc1cnc(N(C)C)nc1.Cl.Cl. The zero-order valence-electron chi connectivity index (χ0n) is 8.52. The van der Waals surface area contributed by atoms with Gasteiger partial charge in [0.15, 0.2) is 0 Å². The third kappa shape index (κ3) is 4.60. The average molecular weight is 239 g/mol. The standard InChI is InChI=1S/C8H14N4.2ClH/c1-9-4-7-5-10-8(11-6-7)12(2)3;;/h5-6,9H,4H2,1-3H3;2*1H. The molecule has 0 aromatic carbocycles. The zero-order chi connectivity index (χ0) is 8.97. The Hall–Kier alpha value is -0.580. The van der Waals surface area contributed by atoms with Gasteiger partial charge in [-0.25, -0.2) is 9.97 Å². The lowest BCUT2D eigenvalue weighted by Crippen LogP contribution is -2.13. The number of hydrogen-bond acceptors (Lipinski definition) is 4. The van der Waals surface area contributed by atoms with E-state index in [1.54, 1.807) is 0 Å². The monoisotopic (exact) mass is 238 g/mol. The number of halogens is 2. The van der Waals surface area contributed by atoms with Crippen LogP contribution in [-0.4, -0.2) is 31.1 Å². The van der Waals surface area contributed by atoms with Gasteiger partial charge < -0.3 is 10.2 Å². The molecule has 1 aromatic rings. The van der Waals surface area contributed by atoms with Crippen molar-refractivity contribution in [2.45, 2.75) is 6.54 Å². The Morgan fingerprint density at radius 2 is 1.71 bits per heavy atom. The Kier molecular flexibility index (Phi) is 8.83. The maximum absolute atomic E-state index is 4.17. The lowest BCUT2D eigenvalue weighted by molar-refractivity contribution is 0.804. The Labute approximate surface area is 96.9 Å². The molecule has 0 unspecified atom stereocenters. The number of nitrogens with zero attached hydrogens (tertiary/aromatic N) is 3. The van der Waals surface area contributed by atoms with Crippen LogP contribution in [0, 0.1) is 0 Å². The van der Waals surface area contributed by atoms with E-state index < -0.39 is 0 Å². The molecule has 0 amide bonds. The van der Waals surface area contributed by atoms with Crippen LogP contribution in [0.15, 0.2) is 12.4 Å². The molecule has 14 heavy (non-hydrogen) atoms. The molecule has 1 heterocycles. The molecule has 0 atom stereocenters. The molecule has 0 fully saturated rings. The van der Waals surface area contributed by atoms with Crippen molar-refractivity contribution in [3.63, 3.8) is 0 Å². The van der Waals surface area contributed by atoms with Crippen LogP contribution < -0.4 is 10.2 Å². The summed E-state index contributed by atoms with van der Waals surface area (Å²) in [7, 11) is 5.75. The van der Waals surface area contributed by atoms with Crippen molar-refractivity contribution < 1.29 is 0 Å². The topological polar surface area (TPSA) is 41.1 Å². The fraction of sp³-hybridized carbons (Fsp3) is 0.500. The van der Waals surface area contributed by atoms with Crippen LogP contribution in [0.1, 0.15) is 5.56 Å². The van der Waals surface area contributed by atoms with Crippen LogP contribution in [0.4, 0.5) is 5.95 Å². The highest BCUT2D eigenvalue weighted by Gasteiger charge is 1.97. The van der Waals surface area contributed by atoms with Crippen LogP contribution in [0.2, 0.25) is 0 Å². The van der Waals surface area contributed by atoms with E-state index in [4.69, 9.17) is 0 Å². The van der Waals surface area contributed by atoms with Gasteiger partial charge in [0, 0.05) is 38.6 Å². The fourth-order valence-electron chi connectivity index (χ4n) is 0.874. The summed E-state index contributed by atoms with van der Waals surface area (Å²) in [6.45, 7) is 0.813. The van der Waals surface area contributed by atoms with E-state index in [0.717, 1.165) is 18.1 Å². The second-order valence-electron chi connectivity index (χ2n) is 2.82. The smallest absolute Gasteiger partial charge is 0.224 e. The second-order valence-corrected chi connectivity index (χ2v) is 2.82. The van der Waals surface area contributed by atoms with Crippen LogP contribution in [0.3, 0.4) is 0 Å². The van der Waals surface area contributed by atoms with E-state index in [1.807, 2.05) is 38.4 Å². The first-order chi connectivity index (χ1) is 5.74. The summed E-state index contributed by atoms with van der Waals surface area (Å²) in [5.41, 5.74) is 1.10. The molecule has 0 saturated carbocycles. The van der Waals surface area contributed by atoms with Crippen LogP contribution in [0.5, 0.6) is 0 Å². The third-order valence-electron chi connectivity index (χ3n) is 1.47. The molecule has 1 rings (SSSR count). The molecular formula is C8H16Cl2N4. The molecule has 1 N–H and O–H groups in total. The number of hydrogen-bond donors (Lipinski definition) is 1. The first kappa shape index (κ1) is 15.9. The quantitative estimate of drug-likeness (QED) is 0.857. The number of nitrogens with one attached hydrogen (secondary N) is 1. The third-order valence-corrected chi connectivity index (χ3v) is 1.47. The van der Waals surface area contributed by atoms with Gasteiger partial charge in [-0.15, -0.1) is 24.8 Å². The molecule has 0 aliphatic heterocycles. The normalized spacial score (nSPS) is 8.50. The Bertz CT molecular complexity index is 238. The minimum absolute atomic E-state index is 0. The highest BCUT2D eigenvalue weighted by molar-refractivity contribution is 5.85. The largest absolute Gasteiger partial charge is 0.347 e. The lowest BCUT2D eigenvalue weighted by atomic mass is 10.3. The Morgan fingerprint density at radius 1 is 1.21 bits per heavy atom. The van der Waals surface area contributed by atoms with E-state index >= 15 is 0 Å². The summed E-state index contributed by atoms with van der Waals surface area (Å²) in [4.78, 5) is 10.2. The number of anilines is 1. The summed E-state index contributed by atoms with van der Waals surface area (Å²) in [5, 5.41) is 3.04. The summed E-state index contributed by atoms with van der Waals surface area (Å²) in [6, 6.07) is 0. The van der Waals surface area contributed by atoms with E-state index in [2.05, 4.69) is 15.3 Å². The average Bonchev–Trinajstić information content (AvgIpc) is 2.06. The predicted molar refractivity (Wildman–Crippen MR) is 63.6 cm³/mol. The summed E-state index contributed by atoms with van der Waals surface area (Å²) in [5.74, 6) is 0.745. The van der Waals surface area contributed by atoms with Crippen molar-refractivity contribution in [3.8, 4) is 0 Å². The van der Waals surface area contributed by atoms with Crippen LogP contribution >= 0.6 is 24.8 Å². The first-order valence-electron chi connectivity index (χ1n) is 3.87. The molecule has 0 bridgehead atoms. The maximum atomic E-state index is 4.17. The van der Waals surface area contributed by atoms with Gasteiger partial charge in [-0.3, -0.25) is 0 Å². The minimum Gasteiger partial charge on any atom is -0.347 e. The predicted octanol–water partition coefficient (Wildman–Crippen LogP) is 1.11. The van der Waals surface area contributed by atoms with Gasteiger partial charge in [-0.1, -0.05) is 0 Å². The molecule has 0 aliphatic rings. The molecule has 4 nitrogen and oxygen atoms in total. The first-order valence-corrected chi connectivity index (χ1v) is 3.87. The maximum Gasteiger partial charge on any atom is 0.224 e. The summed E-state index contributed by atoms with van der Waals surface area (Å²) >= 11 is 0. The Morgan fingerprint density at radius 3 is 2.07 bits per heavy atom. The van der Waals surface area contributed by atoms with Crippen molar-refractivity contribution in [2.75, 3.05) is 26.0 Å². The Balaban J connectivity index is 0. The van der Waals surface area contributed by atoms with Crippen LogP contribution in [-0.2, 0) is 6.54 Å². The highest BCUT2D eigenvalue weighted by atomic mass is 35.5. The molecule has 6 heteroatoms. The van der Waals surface area contributed by atoms with Crippen molar-refractivity contribution in [1.82, 2.24) is 15.3 Å². The van der Waals surface area contributed by atoms with Crippen molar-refractivity contribution in [3.05, 3.63) is 18.0 Å². The van der Waals surface area contributed by atoms with Gasteiger partial charge in [0.05, 0.1) is 0 Å². The zero-order valence-corrected chi connectivity index (χ0v) is 10.2. The molecule has 0 saturated heterocycles. The highest BCUT2D eigenvalue weighted by Crippen LogP contribution is 2.01. The van der Waals surface area contributed by atoms with Gasteiger partial charge in [0.25, 0.3) is 0 Å². The van der Waals surface area contributed by atoms with E-state index in [1.165, 1.54) is 0 Å². The molecule has 0 spiro atoms. The van der Waals surface area contributed by atoms with Gasteiger partial charge in [-0.2, -0.15) is 0 Å². The number of rotatable bonds is 3. The van der Waals surface area contributed by atoms with Gasteiger partial charge in [0.1, 0.15) is 0 Å². The summed E-state index contributed by atoms with van der Waals surface area (Å²) < 4.78 is 0. The number of aromatic nitrogens is 2. The minimum atomic E-state index is 0. The molecule has 0 aliphatic carbocycles. The fourth-order valence-corrected chi connectivity index (χ4v) is 0.874. The molecule has 82 valence electrons. The van der Waals surface area contributed by atoms with Crippen LogP contribution in [0.25, 0.3) is 0 Å². The summed E-state index contributed by atoms with van der Waals surface area (Å²) in [6.07, 6.45) is 3.66. The van der Waals surface area contributed by atoms with Crippen molar-refractivity contribution >= 4 is 30.8 Å². The van der Waals surface area contributed by atoms with Gasteiger partial charge >= 0.3 is 0 Å².